The fourth-order valence-electron chi connectivity index (χ4n) is 3.33. The summed E-state index contributed by atoms with van der Waals surface area (Å²) in [4.78, 5) is 2.35. The normalized spacial score (nSPS) is 26.9. The van der Waals surface area contributed by atoms with Gasteiger partial charge in [-0.05, 0) is 62.3 Å². The summed E-state index contributed by atoms with van der Waals surface area (Å²) in [5.74, 6) is 0. The van der Waals surface area contributed by atoms with E-state index in [1.807, 2.05) is 0 Å². The molecule has 1 aromatic rings. The summed E-state index contributed by atoms with van der Waals surface area (Å²) in [7, 11) is 2.17. The molecule has 0 amide bonds. The maximum Gasteiger partial charge on any atom is 0.0541 e. The van der Waals surface area contributed by atoms with E-state index >= 15 is 0 Å². The highest BCUT2D eigenvalue weighted by molar-refractivity contribution is 5.62. The Kier molecular flexibility index (Phi) is 3.65. The molecule has 1 heterocycles. The topological polar surface area (TPSA) is 35.5 Å². The third kappa shape index (κ3) is 2.86. The lowest BCUT2D eigenvalue weighted by atomic mass is 9.92. The Labute approximate surface area is 115 Å². The van der Waals surface area contributed by atoms with Gasteiger partial charge in [-0.3, -0.25) is 0 Å². The van der Waals surface area contributed by atoms with E-state index in [0.29, 0.717) is 6.04 Å². The van der Waals surface area contributed by atoms with E-state index in [2.05, 4.69) is 35.5 Å². The molecule has 1 saturated carbocycles. The van der Waals surface area contributed by atoms with Gasteiger partial charge in [0.2, 0.25) is 0 Å². The number of rotatable bonds is 2. The molecule has 1 aliphatic carbocycles. The minimum Gasteiger partial charge on any atom is -0.393 e. The third-order valence-corrected chi connectivity index (χ3v) is 4.50. The van der Waals surface area contributed by atoms with Gasteiger partial charge in [0.25, 0.3) is 0 Å². The van der Waals surface area contributed by atoms with Gasteiger partial charge in [0.1, 0.15) is 0 Å². The van der Waals surface area contributed by atoms with Gasteiger partial charge in [-0.25, -0.2) is 0 Å². The molecule has 104 valence electrons. The van der Waals surface area contributed by atoms with Gasteiger partial charge in [-0.2, -0.15) is 0 Å². The largest absolute Gasteiger partial charge is 0.393 e. The Bertz CT molecular complexity index is 438. The van der Waals surface area contributed by atoms with Gasteiger partial charge in [0.05, 0.1) is 6.10 Å². The van der Waals surface area contributed by atoms with E-state index in [1.54, 1.807) is 0 Å². The first kappa shape index (κ1) is 12.8. The van der Waals surface area contributed by atoms with Crippen LogP contribution in [0.4, 0.5) is 11.4 Å². The molecule has 19 heavy (non-hydrogen) atoms. The first-order valence-electron chi connectivity index (χ1n) is 7.51. The molecule has 0 radical (unpaired) electrons. The van der Waals surface area contributed by atoms with Crippen LogP contribution in [0.5, 0.6) is 0 Å². The smallest absolute Gasteiger partial charge is 0.0541 e. The Morgan fingerprint density at radius 3 is 2.79 bits per heavy atom. The van der Waals surface area contributed by atoms with Crippen molar-refractivity contribution in [3.8, 4) is 0 Å². The number of nitrogens with one attached hydrogen (secondary N) is 1. The maximum atomic E-state index is 9.55. The van der Waals surface area contributed by atoms with Crippen LogP contribution >= 0.6 is 0 Å². The quantitative estimate of drug-likeness (QED) is 0.858. The molecular formula is C16H24N2O. The zero-order valence-corrected chi connectivity index (χ0v) is 11.7. The van der Waals surface area contributed by atoms with Crippen LogP contribution < -0.4 is 10.2 Å². The van der Waals surface area contributed by atoms with Gasteiger partial charge in [0.15, 0.2) is 0 Å². The molecule has 0 bridgehead atoms. The number of aryl methyl sites for hydroxylation is 1. The van der Waals surface area contributed by atoms with E-state index in [-0.39, 0.29) is 6.10 Å². The molecule has 1 fully saturated rings. The van der Waals surface area contributed by atoms with Crippen molar-refractivity contribution >= 4 is 11.4 Å². The summed E-state index contributed by atoms with van der Waals surface area (Å²) in [5.41, 5.74) is 4.10. The lowest BCUT2D eigenvalue weighted by molar-refractivity contribution is 0.126. The molecule has 3 nitrogen and oxygen atoms in total. The molecule has 0 atom stereocenters. The van der Waals surface area contributed by atoms with Crippen molar-refractivity contribution in [2.24, 2.45) is 0 Å². The van der Waals surface area contributed by atoms with Crippen LogP contribution in [0.25, 0.3) is 0 Å². The minimum absolute atomic E-state index is 0.0739. The van der Waals surface area contributed by atoms with Crippen molar-refractivity contribution in [2.75, 3.05) is 23.8 Å². The van der Waals surface area contributed by atoms with Crippen LogP contribution in [0.2, 0.25) is 0 Å². The summed E-state index contributed by atoms with van der Waals surface area (Å²) in [5, 5.41) is 13.2. The van der Waals surface area contributed by atoms with E-state index in [4.69, 9.17) is 0 Å². The molecule has 2 aliphatic rings. The van der Waals surface area contributed by atoms with Crippen LogP contribution in [-0.2, 0) is 6.42 Å². The van der Waals surface area contributed by atoms with Gasteiger partial charge in [-0.1, -0.05) is 0 Å². The number of anilines is 2. The Morgan fingerprint density at radius 2 is 2.00 bits per heavy atom. The first-order chi connectivity index (χ1) is 9.22. The number of benzene rings is 1. The van der Waals surface area contributed by atoms with Crippen molar-refractivity contribution in [1.82, 2.24) is 0 Å². The van der Waals surface area contributed by atoms with Crippen LogP contribution in [-0.4, -0.2) is 30.8 Å². The molecule has 3 heteroatoms. The molecule has 0 spiro atoms. The lowest BCUT2D eigenvalue weighted by Gasteiger charge is -2.30. The number of aliphatic hydroxyl groups is 1. The minimum atomic E-state index is -0.0739. The molecular weight excluding hydrogens is 236 g/mol. The Morgan fingerprint density at radius 1 is 1.21 bits per heavy atom. The van der Waals surface area contributed by atoms with Gasteiger partial charge < -0.3 is 15.3 Å². The van der Waals surface area contributed by atoms with E-state index in [9.17, 15) is 5.11 Å². The summed E-state index contributed by atoms with van der Waals surface area (Å²) in [6, 6.07) is 7.29. The molecule has 3 rings (SSSR count). The molecule has 0 unspecified atom stereocenters. The Hall–Kier alpha value is -1.22. The number of hydrogen-bond acceptors (Lipinski definition) is 3. The van der Waals surface area contributed by atoms with Gasteiger partial charge in [-0.15, -0.1) is 0 Å². The van der Waals surface area contributed by atoms with Crippen molar-refractivity contribution in [3.63, 3.8) is 0 Å². The third-order valence-electron chi connectivity index (χ3n) is 4.50. The van der Waals surface area contributed by atoms with Crippen molar-refractivity contribution in [3.05, 3.63) is 23.8 Å². The Balaban J connectivity index is 1.68. The molecule has 0 aromatic heterocycles. The zero-order chi connectivity index (χ0) is 13.2. The number of aliphatic hydroxyl groups excluding tert-OH is 1. The van der Waals surface area contributed by atoms with Gasteiger partial charge >= 0.3 is 0 Å². The number of hydrogen-bond donors (Lipinski definition) is 2. The lowest BCUT2D eigenvalue weighted by Crippen LogP contribution is -2.28. The van der Waals surface area contributed by atoms with Crippen LogP contribution in [0.1, 0.15) is 37.7 Å². The monoisotopic (exact) mass is 260 g/mol. The average Bonchev–Trinajstić information content (AvgIpc) is 2.42. The van der Waals surface area contributed by atoms with E-state index in [1.165, 1.54) is 36.3 Å². The zero-order valence-electron chi connectivity index (χ0n) is 11.7. The number of fused-ring (bicyclic) bond motifs is 1. The SMILES string of the molecule is CN1CCCc2cc(NC3CCC(O)CC3)ccc21. The second-order valence-corrected chi connectivity index (χ2v) is 6.02. The second-order valence-electron chi connectivity index (χ2n) is 6.02. The first-order valence-corrected chi connectivity index (χ1v) is 7.51. The van der Waals surface area contributed by atoms with Crippen molar-refractivity contribution in [1.29, 1.82) is 0 Å². The fraction of sp³-hybridized carbons (Fsp3) is 0.625. The molecule has 0 saturated heterocycles. The highest BCUT2D eigenvalue weighted by Crippen LogP contribution is 2.30. The summed E-state index contributed by atoms with van der Waals surface area (Å²) >= 11 is 0. The summed E-state index contributed by atoms with van der Waals surface area (Å²) in [6.07, 6.45) is 6.41. The standard InChI is InChI=1S/C16H24N2O/c1-18-10-2-3-12-11-14(6-9-16(12)18)17-13-4-7-15(19)8-5-13/h6,9,11,13,15,17,19H,2-5,7-8,10H2,1H3. The summed E-state index contributed by atoms with van der Waals surface area (Å²) in [6.45, 7) is 1.17. The molecule has 1 aromatic carbocycles. The second kappa shape index (κ2) is 5.41. The van der Waals surface area contributed by atoms with Gasteiger partial charge in [0, 0.05) is 31.0 Å². The predicted octanol–water partition coefficient (Wildman–Crippen LogP) is 2.78. The van der Waals surface area contributed by atoms with E-state index in [0.717, 1.165) is 25.7 Å². The fourth-order valence-corrected chi connectivity index (χ4v) is 3.33. The van der Waals surface area contributed by atoms with Crippen LogP contribution in [0, 0.1) is 0 Å². The number of nitrogens with zero attached hydrogens (tertiary/aromatic N) is 1. The highest BCUT2D eigenvalue weighted by Gasteiger charge is 2.20. The van der Waals surface area contributed by atoms with Crippen molar-refractivity contribution in [2.45, 2.75) is 50.7 Å². The van der Waals surface area contributed by atoms with Crippen LogP contribution in [0.15, 0.2) is 18.2 Å². The summed E-state index contributed by atoms with van der Waals surface area (Å²) < 4.78 is 0. The average molecular weight is 260 g/mol. The van der Waals surface area contributed by atoms with Crippen molar-refractivity contribution < 1.29 is 5.11 Å². The van der Waals surface area contributed by atoms with E-state index < -0.39 is 0 Å². The maximum absolute atomic E-state index is 9.55. The van der Waals surface area contributed by atoms with Crippen LogP contribution in [0.3, 0.4) is 0 Å². The predicted molar refractivity (Wildman–Crippen MR) is 79.9 cm³/mol. The molecule has 2 N–H and O–H groups in total. The highest BCUT2D eigenvalue weighted by atomic mass is 16.3. The molecule has 1 aliphatic heterocycles.